The Bertz CT molecular complexity index is 961. The first-order valence-electron chi connectivity index (χ1n) is 9.82. The van der Waals surface area contributed by atoms with Crippen LogP contribution in [0.5, 0.6) is 0 Å². The van der Waals surface area contributed by atoms with Gasteiger partial charge in [-0.05, 0) is 57.2 Å². The lowest BCUT2D eigenvalue weighted by molar-refractivity contribution is -0.00536. The van der Waals surface area contributed by atoms with Crippen molar-refractivity contribution in [2.24, 2.45) is 0 Å². The molecule has 1 aliphatic carbocycles. The molecule has 0 bridgehead atoms. The van der Waals surface area contributed by atoms with E-state index >= 15 is 0 Å². The molecule has 1 aliphatic heterocycles. The first-order chi connectivity index (χ1) is 13.2. The Kier molecular flexibility index (Phi) is 4.32. The number of hydrogen-bond acceptors (Lipinski definition) is 6. The lowest BCUT2D eigenvalue weighted by Crippen LogP contribution is -2.46. The van der Waals surface area contributed by atoms with E-state index in [0.29, 0.717) is 0 Å². The lowest BCUT2D eigenvalue weighted by Gasteiger charge is -2.36. The van der Waals surface area contributed by atoms with E-state index in [1.165, 1.54) is 35.1 Å². The molecule has 27 heavy (non-hydrogen) atoms. The molecule has 0 aromatic carbocycles. The number of thiophene rings is 1. The van der Waals surface area contributed by atoms with Crippen molar-refractivity contribution < 1.29 is 4.74 Å². The molecule has 2 aliphatic rings. The van der Waals surface area contributed by atoms with Crippen molar-refractivity contribution in [1.29, 1.82) is 0 Å². The Morgan fingerprint density at radius 2 is 1.93 bits per heavy atom. The van der Waals surface area contributed by atoms with E-state index in [-0.39, 0.29) is 12.2 Å². The van der Waals surface area contributed by atoms with Crippen molar-refractivity contribution in [2.45, 2.75) is 51.7 Å². The number of aryl methyl sites for hydroxylation is 2. The topological polar surface area (TPSA) is 51.1 Å². The molecule has 1 saturated heterocycles. The maximum absolute atomic E-state index is 5.97. The van der Waals surface area contributed by atoms with E-state index in [9.17, 15) is 0 Å². The number of morpholine rings is 1. The van der Waals surface area contributed by atoms with Gasteiger partial charge in [-0.1, -0.05) is 0 Å². The summed E-state index contributed by atoms with van der Waals surface area (Å²) in [5, 5.41) is 1.28. The van der Waals surface area contributed by atoms with Gasteiger partial charge >= 0.3 is 0 Å². The predicted molar refractivity (Wildman–Crippen MR) is 110 cm³/mol. The van der Waals surface area contributed by atoms with Gasteiger partial charge in [-0.2, -0.15) is 0 Å². The second-order valence-corrected chi connectivity index (χ2v) is 8.75. The zero-order valence-electron chi connectivity index (χ0n) is 15.8. The van der Waals surface area contributed by atoms with Crippen LogP contribution in [0.1, 0.15) is 37.1 Å². The summed E-state index contributed by atoms with van der Waals surface area (Å²) in [6.45, 7) is 6.03. The summed E-state index contributed by atoms with van der Waals surface area (Å²) in [5.74, 6) is 1.86. The average Bonchev–Trinajstić information content (AvgIpc) is 3.05. The zero-order valence-corrected chi connectivity index (χ0v) is 16.6. The number of rotatable bonds is 2. The molecule has 0 amide bonds. The Hall–Kier alpha value is -2.05. The van der Waals surface area contributed by atoms with Gasteiger partial charge in [0.25, 0.3) is 0 Å². The molecule has 0 unspecified atom stereocenters. The molecule has 5 rings (SSSR count). The Morgan fingerprint density at radius 3 is 2.70 bits per heavy atom. The predicted octanol–water partition coefficient (Wildman–Crippen LogP) is 4.25. The fourth-order valence-electron chi connectivity index (χ4n) is 4.34. The van der Waals surface area contributed by atoms with Crippen LogP contribution in [0, 0.1) is 0 Å². The molecule has 6 heteroatoms. The highest BCUT2D eigenvalue weighted by Crippen LogP contribution is 2.41. The van der Waals surface area contributed by atoms with Crippen molar-refractivity contribution in [3.63, 3.8) is 0 Å². The standard InChI is InChI=1S/C21H24N4OS/c1-13-11-25(12-14(2)26-13)20-18-16-7-3-4-8-17(16)27-21(18)24-19(23-20)15-6-5-9-22-10-15/h5-6,9-10,13-14H,3-4,7-8,11-12H2,1-2H3/t13-,14+. The van der Waals surface area contributed by atoms with Crippen molar-refractivity contribution >= 4 is 27.4 Å². The Labute approximate surface area is 163 Å². The fraction of sp³-hybridized carbons (Fsp3) is 0.476. The van der Waals surface area contributed by atoms with Crippen molar-refractivity contribution in [3.8, 4) is 11.4 Å². The third-order valence-electron chi connectivity index (χ3n) is 5.43. The van der Waals surface area contributed by atoms with Gasteiger partial charge in [0.15, 0.2) is 5.82 Å². The van der Waals surface area contributed by atoms with Crippen molar-refractivity contribution in [3.05, 3.63) is 35.0 Å². The monoisotopic (exact) mass is 380 g/mol. The number of anilines is 1. The molecule has 0 radical (unpaired) electrons. The third-order valence-corrected chi connectivity index (χ3v) is 6.62. The number of pyridine rings is 1. The smallest absolute Gasteiger partial charge is 0.164 e. The van der Waals surface area contributed by atoms with Crippen LogP contribution in [-0.4, -0.2) is 40.2 Å². The average molecular weight is 381 g/mol. The van der Waals surface area contributed by atoms with Crippen LogP contribution < -0.4 is 4.90 Å². The third kappa shape index (κ3) is 3.11. The number of hydrogen-bond donors (Lipinski definition) is 0. The summed E-state index contributed by atoms with van der Waals surface area (Å²) >= 11 is 1.86. The minimum Gasteiger partial charge on any atom is -0.372 e. The van der Waals surface area contributed by atoms with E-state index in [4.69, 9.17) is 14.7 Å². The number of ether oxygens (including phenoxy) is 1. The maximum atomic E-state index is 5.97. The molecule has 0 spiro atoms. The van der Waals surface area contributed by atoms with Crippen LogP contribution in [0.4, 0.5) is 5.82 Å². The van der Waals surface area contributed by atoms with Gasteiger partial charge in [0.1, 0.15) is 10.6 Å². The Balaban J connectivity index is 1.71. The van der Waals surface area contributed by atoms with Gasteiger partial charge < -0.3 is 9.64 Å². The molecular weight excluding hydrogens is 356 g/mol. The first kappa shape index (κ1) is 17.1. The molecular formula is C21H24N4OS. The summed E-state index contributed by atoms with van der Waals surface area (Å²) in [6, 6.07) is 3.98. The van der Waals surface area contributed by atoms with Crippen LogP contribution in [0.3, 0.4) is 0 Å². The highest BCUT2D eigenvalue weighted by atomic mass is 32.1. The summed E-state index contributed by atoms with van der Waals surface area (Å²) in [7, 11) is 0. The molecule has 3 aromatic heterocycles. The molecule has 3 aromatic rings. The van der Waals surface area contributed by atoms with E-state index < -0.39 is 0 Å². The van der Waals surface area contributed by atoms with Gasteiger partial charge in [-0.15, -0.1) is 11.3 Å². The molecule has 0 N–H and O–H groups in total. The van der Waals surface area contributed by atoms with Crippen molar-refractivity contribution in [1.82, 2.24) is 15.0 Å². The first-order valence-corrected chi connectivity index (χ1v) is 10.6. The highest BCUT2D eigenvalue weighted by molar-refractivity contribution is 7.19. The zero-order chi connectivity index (χ0) is 18.4. The second kappa shape index (κ2) is 6.84. The van der Waals surface area contributed by atoms with Crippen LogP contribution in [0.2, 0.25) is 0 Å². The second-order valence-electron chi connectivity index (χ2n) is 7.67. The molecule has 1 fully saturated rings. The molecule has 140 valence electrons. The van der Waals surface area contributed by atoms with Crippen LogP contribution in [0.15, 0.2) is 24.5 Å². The minimum absolute atomic E-state index is 0.204. The van der Waals surface area contributed by atoms with Crippen LogP contribution in [0.25, 0.3) is 21.6 Å². The fourth-order valence-corrected chi connectivity index (χ4v) is 5.60. The van der Waals surface area contributed by atoms with Crippen molar-refractivity contribution in [2.75, 3.05) is 18.0 Å². The molecule has 2 atom stereocenters. The molecule has 5 nitrogen and oxygen atoms in total. The van der Waals surface area contributed by atoms with Gasteiger partial charge in [0, 0.05) is 35.9 Å². The number of aromatic nitrogens is 3. The summed E-state index contributed by atoms with van der Waals surface area (Å²) < 4.78 is 5.97. The van der Waals surface area contributed by atoms with Crippen LogP contribution >= 0.6 is 11.3 Å². The van der Waals surface area contributed by atoms with E-state index in [0.717, 1.165) is 41.5 Å². The summed E-state index contributed by atoms with van der Waals surface area (Å²) in [6.07, 6.45) is 8.91. The molecule has 4 heterocycles. The van der Waals surface area contributed by atoms with Gasteiger partial charge in [0.2, 0.25) is 0 Å². The number of fused-ring (bicyclic) bond motifs is 3. The Morgan fingerprint density at radius 1 is 1.11 bits per heavy atom. The van der Waals surface area contributed by atoms with Gasteiger partial charge in [-0.25, -0.2) is 9.97 Å². The van der Waals surface area contributed by atoms with Gasteiger partial charge in [-0.3, -0.25) is 4.98 Å². The quantitative estimate of drug-likeness (QED) is 0.665. The number of nitrogens with zero attached hydrogens (tertiary/aromatic N) is 4. The van der Waals surface area contributed by atoms with Gasteiger partial charge in [0.05, 0.1) is 17.6 Å². The maximum Gasteiger partial charge on any atom is 0.164 e. The van der Waals surface area contributed by atoms with E-state index in [1.54, 1.807) is 6.20 Å². The SMILES string of the molecule is C[C@@H]1CN(c2nc(-c3cccnc3)nc3sc4c(c23)CCCC4)C[C@H](C)O1. The van der Waals surface area contributed by atoms with Crippen LogP contribution in [-0.2, 0) is 17.6 Å². The summed E-state index contributed by atoms with van der Waals surface area (Å²) in [4.78, 5) is 19.3. The largest absolute Gasteiger partial charge is 0.372 e. The summed E-state index contributed by atoms with van der Waals surface area (Å²) in [5.41, 5.74) is 2.46. The normalized spacial score (nSPS) is 22.8. The molecule has 0 saturated carbocycles. The van der Waals surface area contributed by atoms with E-state index in [1.807, 2.05) is 29.7 Å². The lowest BCUT2D eigenvalue weighted by atomic mass is 9.96. The van der Waals surface area contributed by atoms with E-state index in [2.05, 4.69) is 23.7 Å². The minimum atomic E-state index is 0.204. The highest BCUT2D eigenvalue weighted by Gasteiger charge is 2.28.